The quantitative estimate of drug-likeness (QED) is 0.174. The normalized spacial score (nSPS) is 13.3. The molecule has 0 unspecified atom stereocenters. The van der Waals surface area contributed by atoms with Crippen LogP contribution in [0.1, 0.15) is 34.1 Å². The first-order valence-electron chi connectivity index (χ1n) is 13.7. The van der Waals surface area contributed by atoms with Crippen molar-refractivity contribution in [2.45, 2.75) is 44.7 Å². The number of methoxy groups -OCH3 is 1. The summed E-state index contributed by atoms with van der Waals surface area (Å²) in [6.45, 7) is 2.07. The molecule has 16 heteroatoms. The van der Waals surface area contributed by atoms with Gasteiger partial charge in [-0.05, 0) is 43.7 Å². The van der Waals surface area contributed by atoms with Crippen LogP contribution in [-0.4, -0.2) is 46.8 Å². The summed E-state index contributed by atoms with van der Waals surface area (Å²) in [6, 6.07) is 3.43. The highest BCUT2D eigenvalue weighted by Crippen LogP contribution is 2.38. The van der Waals surface area contributed by atoms with Crippen LogP contribution < -0.4 is 16.2 Å². The topological polar surface area (TPSA) is 102 Å². The molecule has 8 nitrogen and oxygen atoms in total. The van der Waals surface area contributed by atoms with Crippen LogP contribution >= 0.6 is 0 Å². The number of rotatable bonds is 8. The fraction of sp³-hybridized carbons (Fsp3) is 0.290. The number of amides is 1. The molecule has 0 aliphatic heterocycles. The first kappa shape index (κ1) is 34.8. The number of anilines is 1. The van der Waals surface area contributed by atoms with E-state index in [1.807, 2.05) is 5.32 Å². The van der Waals surface area contributed by atoms with Crippen LogP contribution in [0.4, 0.5) is 40.8 Å². The maximum Gasteiger partial charge on any atom is 0.417 e. The molecule has 2 aromatic heterocycles. The fourth-order valence-electron chi connectivity index (χ4n) is 4.91. The minimum atomic E-state index is -4.90. The van der Waals surface area contributed by atoms with Gasteiger partial charge in [-0.2, -0.15) is 26.3 Å². The molecule has 2 N–H and O–H groups in total. The SMILES string of the molecule is COC(=O)[C@H](Cc1ccc(-c2c(C(F)(F)F)cc(C)n(C)c2=O)c2ncccc12)NC(=O)c1c(F)cc(N[C@H](C)C(F)(F)F)cc1F. The van der Waals surface area contributed by atoms with Crippen LogP contribution in [0.5, 0.6) is 0 Å². The number of carbonyl (C=O) groups is 2. The number of fused-ring (bicyclic) bond motifs is 1. The Hall–Kier alpha value is -5.02. The summed E-state index contributed by atoms with van der Waals surface area (Å²) in [7, 11) is 2.28. The second-order valence-corrected chi connectivity index (χ2v) is 10.6. The van der Waals surface area contributed by atoms with Gasteiger partial charge in [0.2, 0.25) is 0 Å². The third-order valence-corrected chi connectivity index (χ3v) is 7.46. The number of nitrogens with zero attached hydrogens (tertiary/aromatic N) is 2. The highest BCUT2D eigenvalue weighted by atomic mass is 19.4. The number of hydrogen-bond donors (Lipinski definition) is 2. The third-order valence-electron chi connectivity index (χ3n) is 7.46. The number of pyridine rings is 2. The zero-order chi connectivity index (χ0) is 35.0. The lowest BCUT2D eigenvalue weighted by molar-refractivity contribution is -0.143. The van der Waals surface area contributed by atoms with E-state index in [4.69, 9.17) is 4.74 Å². The Labute approximate surface area is 261 Å². The van der Waals surface area contributed by atoms with Gasteiger partial charge in [0.1, 0.15) is 29.3 Å². The maximum absolute atomic E-state index is 14.8. The van der Waals surface area contributed by atoms with Gasteiger partial charge in [-0.15, -0.1) is 0 Å². The van der Waals surface area contributed by atoms with Gasteiger partial charge in [0.25, 0.3) is 11.5 Å². The lowest BCUT2D eigenvalue weighted by Crippen LogP contribution is -2.43. The Morgan fingerprint density at radius 3 is 2.23 bits per heavy atom. The monoisotopic (exact) mass is 670 g/mol. The molecule has 0 bridgehead atoms. The van der Waals surface area contributed by atoms with E-state index in [9.17, 15) is 49.5 Å². The summed E-state index contributed by atoms with van der Waals surface area (Å²) in [4.78, 5) is 43.0. The van der Waals surface area contributed by atoms with E-state index in [0.29, 0.717) is 12.1 Å². The molecule has 0 saturated carbocycles. The van der Waals surface area contributed by atoms with Gasteiger partial charge < -0.3 is 19.9 Å². The summed E-state index contributed by atoms with van der Waals surface area (Å²) in [6.07, 6.45) is -8.76. The Bertz CT molecular complexity index is 1900. The highest BCUT2D eigenvalue weighted by Gasteiger charge is 2.38. The number of halogens is 8. The first-order chi connectivity index (χ1) is 21.8. The lowest BCUT2D eigenvalue weighted by atomic mass is 9.93. The predicted octanol–water partition coefficient (Wildman–Crippen LogP) is 6.08. The van der Waals surface area contributed by atoms with Gasteiger partial charge in [-0.25, -0.2) is 13.6 Å². The second kappa shape index (κ2) is 13.0. The van der Waals surface area contributed by atoms with E-state index in [2.05, 4.69) is 10.3 Å². The summed E-state index contributed by atoms with van der Waals surface area (Å²) >= 11 is 0. The number of carbonyl (C=O) groups excluding carboxylic acids is 2. The predicted molar refractivity (Wildman–Crippen MR) is 155 cm³/mol. The van der Waals surface area contributed by atoms with Crippen LogP contribution in [0, 0.1) is 18.6 Å². The minimum absolute atomic E-state index is 0.0420. The van der Waals surface area contributed by atoms with E-state index in [1.165, 1.54) is 44.4 Å². The largest absolute Gasteiger partial charge is 0.467 e. The molecule has 2 atom stereocenters. The number of aromatic nitrogens is 2. The zero-order valence-corrected chi connectivity index (χ0v) is 25.0. The van der Waals surface area contributed by atoms with Gasteiger partial charge in [0.15, 0.2) is 0 Å². The molecule has 0 fully saturated rings. The van der Waals surface area contributed by atoms with E-state index in [-0.39, 0.29) is 27.7 Å². The number of hydrogen-bond acceptors (Lipinski definition) is 6. The number of alkyl halides is 6. The molecular formula is C31H26F8N4O4. The minimum Gasteiger partial charge on any atom is -0.467 e. The molecule has 1 amide bonds. The smallest absolute Gasteiger partial charge is 0.417 e. The molecule has 0 aliphatic rings. The van der Waals surface area contributed by atoms with Gasteiger partial charge in [-0.3, -0.25) is 14.6 Å². The average molecular weight is 671 g/mol. The fourth-order valence-corrected chi connectivity index (χ4v) is 4.91. The van der Waals surface area contributed by atoms with Gasteiger partial charge in [0, 0.05) is 42.0 Å². The van der Waals surface area contributed by atoms with Crippen molar-refractivity contribution in [3.05, 3.63) is 93.0 Å². The molecule has 0 radical (unpaired) electrons. The van der Waals surface area contributed by atoms with E-state index in [0.717, 1.165) is 24.7 Å². The van der Waals surface area contributed by atoms with Crippen LogP contribution in [0.2, 0.25) is 0 Å². The molecule has 0 spiro atoms. The molecule has 0 aliphatic carbocycles. The molecular weight excluding hydrogens is 644 g/mol. The van der Waals surface area contributed by atoms with Gasteiger partial charge in [0.05, 0.1) is 23.8 Å². The van der Waals surface area contributed by atoms with Crippen LogP contribution in [0.25, 0.3) is 22.0 Å². The average Bonchev–Trinajstić information content (AvgIpc) is 2.98. The molecule has 2 heterocycles. The first-order valence-corrected chi connectivity index (χ1v) is 13.7. The zero-order valence-electron chi connectivity index (χ0n) is 25.0. The van der Waals surface area contributed by atoms with E-state index >= 15 is 0 Å². The van der Waals surface area contributed by atoms with E-state index in [1.54, 1.807) is 0 Å². The van der Waals surface area contributed by atoms with Crippen molar-refractivity contribution in [3.63, 3.8) is 0 Å². The lowest BCUT2D eigenvalue weighted by Gasteiger charge is -2.21. The third kappa shape index (κ3) is 7.20. The molecule has 4 aromatic rings. The number of ether oxygens (including phenoxy) is 1. The highest BCUT2D eigenvalue weighted by molar-refractivity contribution is 5.99. The van der Waals surface area contributed by atoms with Crippen molar-refractivity contribution in [2.75, 3.05) is 12.4 Å². The van der Waals surface area contributed by atoms with Crippen LogP contribution in [0.15, 0.2) is 53.5 Å². The summed E-state index contributed by atoms with van der Waals surface area (Å²) in [5.74, 6) is -5.56. The van der Waals surface area contributed by atoms with Crippen molar-refractivity contribution in [1.29, 1.82) is 0 Å². The van der Waals surface area contributed by atoms with Gasteiger partial charge in [-0.1, -0.05) is 18.2 Å². The molecule has 0 saturated heterocycles. The number of esters is 1. The molecule has 250 valence electrons. The van der Waals surface area contributed by atoms with Crippen molar-refractivity contribution in [2.24, 2.45) is 7.05 Å². The number of nitrogens with one attached hydrogen (secondary N) is 2. The van der Waals surface area contributed by atoms with Crippen molar-refractivity contribution >= 4 is 28.5 Å². The van der Waals surface area contributed by atoms with Crippen molar-refractivity contribution in [1.82, 2.24) is 14.9 Å². The Balaban J connectivity index is 1.73. The number of benzene rings is 2. The summed E-state index contributed by atoms with van der Waals surface area (Å²) in [5, 5.41) is 4.22. The molecule has 47 heavy (non-hydrogen) atoms. The van der Waals surface area contributed by atoms with Crippen molar-refractivity contribution < 1.29 is 49.4 Å². The Morgan fingerprint density at radius 2 is 1.66 bits per heavy atom. The number of aryl methyl sites for hydroxylation is 1. The van der Waals surface area contributed by atoms with E-state index < -0.39 is 82.3 Å². The Kier molecular flexibility index (Phi) is 9.64. The maximum atomic E-state index is 14.8. The van der Waals surface area contributed by atoms with Crippen molar-refractivity contribution in [3.8, 4) is 11.1 Å². The summed E-state index contributed by atoms with van der Waals surface area (Å²) < 4.78 is 116. The van der Waals surface area contributed by atoms with Crippen LogP contribution in [-0.2, 0) is 29.2 Å². The Morgan fingerprint density at radius 1 is 1.02 bits per heavy atom. The second-order valence-electron chi connectivity index (χ2n) is 10.6. The molecule has 2 aromatic carbocycles. The van der Waals surface area contributed by atoms with Gasteiger partial charge >= 0.3 is 18.3 Å². The standard InChI is InChI=1S/C31H26F8N4O4/c1-14-10-20(31(37,38)39)24(28(45)43(14)3)19-8-7-16(18-6-5-9-40-26(18)19)11-23(29(46)47-4)42-27(44)25-21(32)12-17(13-22(25)33)41-15(2)30(34,35)36/h5-10,12-13,15,23,41H,11H2,1-4H3,(H,42,44)/t15-,23+/m1/s1. The summed E-state index contributed by atoms with van der Waals surface area (Å²) in [5.41, 5.74) is -4.48. The van der Waals surface area contributed by atoms with Crippen LogP contribution in [0.3, 0.4) is 0 Å². The molecule has 4 rings (SSSR count).